The Morgan fingerprint density at radius 1 is 0.985 bits per heavy atom. The Balaban J connectivity index is 1.38. The van der Waals surface area contributed by atoms with E-state index in [4.69, 9.17) is 33.1 Å². The minimum Gasteiger partial charge on any atom is -0.507 e. The molecular weight excluding hydrogens is 863 g/mol. The topological polar surface area (TPSA) is 213 Å². The molecule has 4 heterocycles. The number of ketones is 1. The highest BCUT2D eigenvalue weighted by Crippen LogP contribution is 2.50. The van der Waals surface area contributed by atoms with Gasteiger partial charge in [-0.1, -0.05) is 45.9 Å². The van der Waals surface area contributed by atoms with E-state index in [1.54, 1.807) is 58.0 Å². The standard InChI is InChI=1S/C51H63N3O13/c1-26-15-14-16-27(2)50(61)53-41-45(59)38-37(40-48(41)66-36-25-33(17-18-34(36)52-40)63-24-22-54(9)20-12-11-13-21-54)39-47(31(6)44(38)58)67-51(8,49(39)60)64-23-19-35(62-10)28(3)46(65-32(7)55)30(5)43(57)29(4)42(26)56/h14-19,23,25-26,28-30,35,42-43,46,56-57H,11-13,20-22,24H2,1-10H3,(H-,52,53,58,59,60,61)/p+1/b15-14+,23-19+,27-16-/t26-,28+,29+,30+,35-,42-,43+,46+,51-/m0/s1. The summed E-state index contributed by atoms with van der Waals surface area (Å²) in [6, 6.07) is 5.12. The number of hydrogen-bond acceptors (Lipinski definition) is 14. The highest BCUT2D eigenvalue weighted by atomic mass is 16.7. The van der Waals surface area contributed by atoms with Gasteiger partial charge in [-0.15, -0.1) is 0 Å². The number of carbonyl (C=O) groups excluding carboxylic acids is 3. The maximum atomic E-state index is 14.8. The van der Waals surface area contributed by atoms with Crippen LogP contribution in [0.4, 0.5) is 5.69 Å². The summed E-state index contributed by atoms with van der Waals surface area (Å²) in [4.78, 5) is 61.0. The Morgan fingerprint density at radius 2 is 1.70 bits per heavy atom. The molecular formula is C51H64N3O13+. The number of methoxy groups -OCH3 is 1. The number of hydrogen-bond donors (Lipinski definition) is 4. The summed E-state index contributed by atoms with van der Waals surface area (Å²) in [6.07, 6.45) is 7.23. The number of nitrogens with zero attached hydrogens (tertiary/aromatic N) is 2. The van der Waals surface area contributed by atoms with E-state index in [2.05, 4.69) is 12.4 Å². The van der Waals surface area contributed by atoms with Crippen LogP contribution in [0.15, 0.2) is 63.6 Å². The van der Waals surface area contributed by atoms with Crippen LogP contribution in [0.3, 0.4) is 0 Å². The normalized spacial score (nSPS) is 30.1. The third-order valence-corrected chi connectivity index (χ3v) is 14.1. The van der Waals surface area contributed by atoms with Crippen LogP contribution in [-0.2, 0) is 23.8 Å². The summed E-state index contributed by atoms with van der Waals surface area (Å²) in [5.74, 6) is -6.70. The Labute approximate surface area is 390 Å². The van der Waals surface area contributed by atoms with Gasteiger partial charge >= 0.3 is 11.8 Å². The van der Waals surface area contributed by atoms with Crippen molar-refractivity contribution in [3.8, 4) is 28.7 Å². The van der Waals surface area contributed by atoms with Crippen molar-refractivity contribution in [2.24, 2.45) is 23.7 Å². The summed E-state index contributed by atoms with van der Waals surface area (Å²) in [5.41, 5.74) is -0.458. The van der Waals surface area contributed by atoms with Crippen molar-refractivity contribution in [1.82, 2.24) is 4.98 Å². The Kier molecular flexibility index (Phi) is 14.2. The lowest BCUT2D eigenvalue weighted by atomic mass is 9.78. The lowest BCUT2D eigenvalue weighted by Crippen LogP contribution is -2.50. The van der Waals surface area contributed by atoms with Crippen LogP contribution < -0.4 is 20.2 Å². The van der Waals surface area contributed by atoms with E-state index in [1.807, 2.05) is 0 Å². The van der Waals surface area contributed by atoms with Crippen molar-refractivity contribution in [2.45, 2.75) is 105 Å². The number of allylic oxidation sites excluding steroid dienone is 2. The summed E-state index contributed by atoms with van der Waals surface area (Å²) in [7, 11) is 3.69. The fourth-order valence-electron chi connectivity index (χ4n) is 9.76. The molecule has 5 aliphatic rings. The molecule has 2 aromatic rings. The number of nitrogens with one attached hydrogen (secondary N) is 1. The number of fused-ring (bicyclic) bond motifs is 2. The number of likely N-dealkylation sites (tertiary alicyclic amines) is 1. The van der Waals surface area contributed by atoms with Gasteiger partial charge in [-0.25, -0.2) is 4.98 Å². The number of anilines is 1. The average molecular weight is 927 g/mol. The molecule has 0 radical (unpaired) electrons. The number of aromatic nitrogens is 1. The molecule has 4 N–H and O–H groups in total. The molecule has 1 fully saturated rings. The van der Waals surface area contributed by atoms with E-state index in [-0.39, 0.29) is 55.9 Å². The van der Waals surface area contributed by atoms with Gasteiger partial charge in [-0.3, -0.25) is 19.2 Å². The van der Waals surface area contributed by atoms with Gasteiger partial charge in [-0.05, 0) is 51.3 Å². The zero-order valence-electron chi connectivity index (χ0n) is 40.0. The first-order chi connectivity index (χ1) is 31.7. The van der Waals surface area contributed by atoms with E-state index in [0.29, 0.717) is 17.9 Å². The number of Topliss-reactive ketones (excluding diaryl/α,β-unsaturated/α-hetero) is 1. The van der Waals surface area contributed by atoms with Crippen molar-refractivity contribution in [3.63, 3.8) is 0 Å². The van der Waals surface area contributed by atoms with E-state index in [1.165, 1.54) is 72.5 Å². The lowest BCUT2D eigenvalue weighted by Gasteiger charge is -2.38. The van der Waals surface area contributed by atoms with E-state index < -0.39 is 82.7 Å². The highest BCUT2D eigenvalue weighted by Gasteiger charge is 2.50. The summed E-state index contributed by atoms with van der Waals surface area (Å²) in [6.45, 7) is 16.1. The molecule has 7 rings (SSSR count). The second kappa shape index (κ2) is 19.4. The number of piperidine rings is 1. The van der Waals surface area contributed by atoms with Crippen LogP contribution in [0.5, 0.6) is 17.2 Å². The number of amides is 1. The molecule has 0 saturated carbocycles. The average Bonchev–Trinajstić information content (AvgIpc) is 3.56. The molecule has 16 heteroatoms. The second-order valence-corrected chi connectivity index (χ2v) is 19.1. The van der Waals surface area contributed by atoms with Crippen LogP contribution in [0.25, 0.3) is 33.3 Å². The molecule has 0 unspecified atom stereocenters. The Morgan fingerprint density at radius 3 is 2.39 bits per heavy atom. The predicted octanol–water partition coefficient (Wildman–Crippen LogP) is 6.96. The molecule has 0 spiro atoms. The number of phenolic OH excluding ortho intramolecular Hbond substituents is 1. The minimum absolute atomic E-state index is 0.00843. The number of aliphatic hydroxyl groups is 2. The third kappa shape index (κ3) is 9.54. The Bertz CT molecular complexity index is 2680. The smallest absolute Gasteiger partial charge is 0.312 e. The van der Waals surface area contributed by atoms with Crippen molar-refractivity contribution in [1.29, 1.82) is 0 Å². The van der Waals surface area contributed by atoms with Crippen LogP contribution in [0, 0.1) is 30.6 Å². The lowest BCUT2D eigenvalue weighted by molar-refractivity contribution is -0.914. The summed E-state index contributed by atoms with van der Waals surface area (Å²) in [5, 5.41) is 37.2. The Hall–Kier alpha value is -5.81. The largest absolute Gasteiger partial charge is 0.507 e. The molecule has 2 aromatic carbocycles. The molecule has 0 aromatic heterocycles. The van der Waals surface area contributed by atoms with Gasteiger partial charge in [0.1, 0.15) is 53.4 Å². The highest BCUT2D eigenvalue weighted by molar-refractivity contribution is 6.22. The number of benzene rings is 3. The minimum atomic E-state index is -2.04. The van der Waals surface area contributed by atoms with Crippen LogP contribution in [-0.4, -0.2) is 113 Å². The van der Waals surface area contributed by atoms with Gasteiger partial charge in [-0.2, -0.15) is 0 Å². The number of phenols is 1. The maximum absolute atomic E-state index is 14.8. The number of rotatable bonds is 6. The predicted molar refractivity (Wildman–Crippen MR) is 251 cm³/mol. The van der Waals surface area contributed by atoms with Gasteiger partial charge in [0.05, 0.1) is 55.7 Å². The molecule has 360 valence electrons. The first-order valence-corrected chi connectivity index (χ1v) is 23.1. The number of likely N-dealkylation sites (N-methyl/N-ethyl adjacent to an activating group) is 1. The molecule has 4 bridgehead atoms. The van der Waals surface area contributed by atoms with E-state index >= 15 is 0 Å². The van der Waals surface area contributed by atoms with Crippen LogP contribution >= 0.6 is 0 Å². The van der Waals surface area contributed by atoms with Gasteiger partial charge in [0.15, 0.2) is 11.3 Å². The third-order valence-electron chi connectivity index (χ3n) is 14.1. The number of ether oxygens (including phenoxy) is 5. The number of esters is 1. The summed E-state index contributed by atoms with van der Waals surface area (Å²) < 4.78 is 37.6. The van der Waals surface area contributed by atoms with Gasteiger partial charge in [0.2, 0.25) is 5.43 Å². The number of aliphatic hydroxyl groups excluding tert-OH is 2. The van der Waals surface area contributed by atoms with Crippen LogP contribution in [0.2, 0.25) is 0 Å². The maximum Gasteiger partial charge on any atom is 0.312 e. The van der Waals surface area contributed by atoms with E-state index in [9.17, 15) is 34.5 Å². The van der Waals surface area contributed by atoms with Gasteiger partial charge in [0.25, 0.3) is 11.7 Å². The van der Waals surface area contributed by atoms with Crippen molar-refractivity contribution < 1.29 is 62.3 Å². The molecule has 1 aliphatic carbocycles. The SMILES string of the molecule is CO[C@H]1/C=C/O[C@@]2(C)Oc3c(C)c(O)c4c(=O)c(c5oc6cc(OCC[N+]7(C)CCCCC7)ccc6nc-5c4c3C2=O)NC(=O)/C(C)=C\C=C\[C@H](C)[C@H](O)[C@@H](C)[C@@H](O)[C@@H](C)[C@H](OC(C)=O)[C@@H]1C. The van der Waals surface area contributed by atoms with E-state index in [0.717, 1.165) is 24.1 Å². The first-order valence-electron chi connectivity index (χ1n) is 23.1. The summed E-state index contributed by atoms with van der Waals surface area (Å²) >= 11 is 0. The molecule has 67 heavy (non-hydrogen) atoms. The zero-order chi connectivity index (χ0) is 48.7. The van der Waals surface area contributed by atoms with Crippen molar-refractivity contribution >= 4 is 45.2 Å². The molecule has 1 amide bonds. The van der Waals surface area contributed by atoms with Crippen LogP contribution in [0.1, 0.15) is 83.7 Å². The fraction of sp³-hybridized carbons (Fsp3) is 0.510. The molecule has 4 aliphatic heterocycles. The quantitative estimate of drug-likeness (QED) is 0.0667. The number of carbonyl (C=O) groups is 3. The van der Waals surface area contributed by atoms with Gasteiger partial charge in [0, 0.05) is 67.2 Å². The monoisotopic (exact) mass is 926 g/mol. The number of quaternary nitrogens is 1. The molecule has 9 atom stereocenters. The molecule has 16 nitrogen and oxygen atoms in total. The first kappa shape index (κ1) is 49.1. The van der Waals surface area contributed by atoms with Crippen molar-refractivity contribution in [2.75, 3.05) is 45.7 Å². The zero-order valence-corrected chi connectivity index (χ0v) is 40.0. The van der Waals surface area contributed by atoms with Gasteiger partial charge < -0.3 is 53.2 Å². The fourth-order valence-corrected chi connectivity index (χ4v) is 9.76. The second-order valence-electron chi connectivity index (χ2n) is 19.1. The molecule has 1 saturated heterocycles. The van der Waals surface area contributed by atoms with Crippen molar-refractivity contribution in [3.05, 3.63) is 75.7 Å². The number of aromatic hydroxyl groups is 1.